The number of halogens is 2. The van der Waals surface area contributed by atoms with Gasteiger partial charge in [0.1, 0.15) is 0 Å². The van der Waals surface area contributed by atoms with Crippen LogP contribution in [0.15, 0.2) is 66.1 Å². The maximum Gasteiger partial charge on any atom is 0.230 e. The second-order valence-corrected chi connectivity index (χ2v) is 6.74. The molecule has 26 heavy (non-hydrogen) atoms. The fourth-order valence-corrected chi connectivity index (χ4v) is 3.07. The van der Waals surface area contributed by atoms with Crippen LogP contribution < -0.4 is 5.32 Å². The van der Waals surface area contributed by atoms with E-state index < -0.39 is 11.6 Å². The number of hydrogen-bond donors (Lipinski definition) is 1. The van der Waals surface area contributed by atoms with Gasteiger partial charge in [0, 0.05) is 30.4 Å². The van der Waals surface area contributed by atoms with Crippen molar-refractivity contribution in [2.45, 2.75) is 18.0 Å². The second-order valence-electron chi connectivity index (χ2n) is 5.69. The summed E-state index contributed by atoms with van der Waals surface area (Å²) >= 11 is 1.16. The summed E-state index contributed by atoms with van der Waals surface area (Å²) in [4.78, 5) is 16.4. The summed E-state index contributed by atoms with van der Waals surface area (Å²) in [5.74, 6) is -1.83. The maximum atomic E-state index is 13.1. The number of carbonyl (C=O) groups excluding carboxylic acids is 1. The SMILES string of the molecule is O=C(CSc1ccc(F)c(F)c1)NCc1ccc(Cn2ccnc2)cc1. The molecule has 3 rings (SSSR count). The lowest BCUT2D eigenvalue weighted by atomic mass is 10.1. The quantitative estimate of drug-likeness (QED) is 0.644. The Morgan fingerprint density at radius 2 is 1.85 bits per heavy atom. The van der Waals surface area contributed by atoms with Crippen molar-refractivity contribution in [2.24, 2.45) is 0 Å². The third-order valence-electron chi connectivity index (χ3n) is 3.70. The highest BCUT2D eigenvalue weighted by molar-refractivity contribution is 8.00. The van der Waals surface area contributed by atoms with Crippen LogP contribution in [0.4, 0.5) is 8.78 Å². The minimum absolute atomic E-state index is 0.143. The van der Waals surface area contributed by atoms with Crippen molar-refractivity contribution in [1.29, 1.82) is 0 Å². The molecule has 0 aliphatic rings. The smallest absolute Gasteiger partial charge is 0.230 e. The molecule has 4 nitrogen and oxygen atoms in total. The first kappa shape index (κ1) is 18.1. The molecule has 0 atom stereocenters. The van der Waals surface area contributed by atoms with E-state index in [0.717, 1.165) is 41.6 Å². The average Bonchev–Trinajstić information content (AvgIpc) is 3.15. The zero-order valence-corrected chi connectivity index (χ0v) is 14.7. The lowest BCUT2D eigenvalue weighted by molar-refractivity contribution is -0.118. The molecule has 0 aliphatic heterocycles. The highest BCUT2D eigenvalue weighted by atomic mass is 32.2. The molecule has 134 valence electrons. The first-order valence-electron chi connectivity index (χ1n) is 7.98. The molecule has 2 aromatic carbocycles. The summed E-state index contributed by atoms with van der Waals surface area (Å²) in [6.07, 6.45) is 5.40. The molecule has 0 unspecified atom stereocenters. The average molecular weight is 373 g/mol. The van der Waals surface area contributed by atoms with Gasteiger partial charge in [-0.3, -0.25) is 4.79 Å². The van der Waals surface area contributed by atoms with Crippen molar-refractivity contribution >= 4 is 17.7 Å². The first-order valence-corrected chi connectivity index (χ1v) is 8.97. The van der Waals surface area contributed by atoms with Crippen molar-refractivity contribution in [1.82, 2.24) is 14.9 Å². The van der Waals surface area contributed by atoms with Crippen LogP contribution >= 0.6 is 11.8 Å². The summed E-state index contributed by atoms with van der Waals surface area (Å²) in [5, 5.41) is 2.82. The number of imidazole rings is 1. The number of amides is 1. The highest BCUT2D eigenvalue weighted by Gasteiger charge is 2.06. The zero-order valence-electron chi connectivity index (χ0n) is 13.9. The number of aromatic nitrogens is 2. The van der Waals surface area contributed by atoms with Gasteiger partial charge in [-0.1, -0.05) is 24.3 Å². The van der Waals surface area contributed by atoms with Gasteiger partial charge in [0.2, 0.25) is 5.91 Å². The molecule has 0 saturated heterocycles. The van der Waals surface area contributed by atoms with Crippen LogP contribution in [0, 0.1) is 11.6 Å². The second kappa shape index (κ2) is 8.62. The molecular formula is C19H17F2N3OS. The van der Waals surface area contributed by atoms with Gasteiger partial charge in [0.15, 0.2) is 11.6 Å². The molecule has 1 N–H and O–H groups in total. The topological polar surface area (TPSA) is 46.9 Å². The lowest BCUT2D eigenvalue weighted by Gasteiger charge is -2.07. The van der Waals surface area contributed by atoms with Crippen LogP contribution in [0.3, 0.4) is 0 Å². The predicted octanol–water partition coefficient (Wildman–Crippen LogP) is 3.62. The first-order chi connectivity index (χ1) is 12.6. The number of hydrogen-bond acceptors (Lipinski definition) is 3. The number of rotatable bonds is 7. The van der Waals surface area contributed by atoms with E-state index in [1.807, 2.05) is 35.0 Å². The monoisotopic (exact) mass is 373 g/mol. The largest absolute Gasteiger partial charge is 0.351 e. The van der Waals surface area contributed by atoms with Gasteiger partial charge in [0.25, 0.3) is 0 Å². The van der Waals surface area contributed by atoms with E-state index in [9.17, 15) is 13.6 Å². The zero-order chi connectivity index (χ0) is 18.4. The number of nitrogens with zero attached hydrogens (tertiary/aromatic N) is 2. The third-order valence-corrected chi connectivity index (χ3v) is 4.69. The molecule has 1 heterocycles. The molecule has 0 bridgehead atoms. The third kappa shape index (κ3) is 5.16. The summed E-state index contributed by atoms with van der Waals surface area (Å²) < 4.78 is 28.0. The minimum atomic E-state index is -0.911. The number of nitrogens with one attached hydrogen (secondary N) is 1. The standard InChI is InChI=1S/C19H17F2N3OS/c20-17-6-5-16(9-18(17)21)26-12-19(25)23-10-14-1-3-15(4-2-14)11-24-8-7-22-13-24/h1-9,13H,10-12H2,(H,23,25). The molecular weight excluding hydrogens is 356 g/mol. The maximum absolute atomic E-state index is 13.1. The van der Waals surface area contributed by atoms with Crippen LogP contribution in [-0.4, -0.2) is 21.2 Å². The lowest BCUT2D eigenvalue weighted by Crippen LogP contribution is -2.24. The fraction of sp³-hybridized carbons (Fsp3) is 0.158. The molecule has 7 heteroatoms. The normalized spacial score (nSPS) is 10.7. The molecule has 0 spiro atoms. The van der Waals surface area contributed by atoms with Gasteiger partial charge in [-0.25, -0.2) is 13.8 Å². The Morgan fingerprint density at radius 1 is 1.08 bits per heavy atom. The molecule has 0 aliphatic carbocycles. The van der Waals surface area contributed by atoms with Gasteiger partial charge in [-0.05, 0) is 29.3 Å². The highest BCUT2D eigenvalue weighted by Crippen LogP contribution is 2.20. The number of carbonyl (C=O) groups is 1. The van der Waals surface area contributed by atoms with E-state index in [1.54, 1.807) is 12.5 Å². The Kier molecular flexibility index (Phi) is 6.01. The molecule has 0 fully saturated rings. The van der Waals surface area contributed by atoms with E-state index in [1.165, 1.54) is 6.07 Å². The Balaban J connectivity index is 1.44. The van der Waals surface area contributed by atoms with E-state index in [-0.39, 0.29) is 11.7 Å². The van der Waals surface area contributed by atoms with Crippen molar-refractivity contribution in [3.63, 3.8) is 0 Å². The predicted molar refractivity (Wildman–Crippen MR) is 96.7 cm³/mol. The molecule has 1 amide bonds. The molecule has 3 aromatic rings. The van der Waals surface area contributed by atoms with E-state index in [0.29, 0.717) is 11.4 Å². The van der Waals surface area contributed by atoms with Crippen LogP contribution in [0.25, 0.3) is 0 Å². The summed E-state index contributed by atoms with van der Waals surface area (Å²) in [6.45, 7) is 1.17. The van der Waals surface area contributed by atoms with Crippen molar-refractivity contribution in [3.8, 4) is 0 Å². The van der Waals surface area contributed by atoms with E-state index in [4.69, 9.17) is 0 Å². The van der Waals surface area contributed by atoms with E-state index >= 15 is 0 Å². The number of benzene rings is 2. The molecule has 1 aromatic heterocycles. The Bertz CT molecular complexity index is 867. The van der Waals surface area contributed by atoms with Gasteiger partial charge in [-0.15, -0.1) is 11.8 Å². The van der Waals surface area contributed by atoms with Gasteiger partial charge in [0.05, 0.1) is 12.1 Å². The number of thioether (sulfide) groups is 1. The fourth-order valence-electron chi connectivity index (χ4n) is 2.32. The Hall–Kier alpha value is -2.67. The Morgan fingerprint density at radius 3 is 2.54 bits per heavy atom. The van der Waals surface area contributed by atoms with Gasteiger partial charge >= 0.3 is 0 Å². The van der Waals surface area contributed by atoms with Crippen LogP contribution in [0.1, 0.15) is 11.1 Å². The van der Waals surface area contributed by atoms with Gasteiger partial charge < -0.3 is 9.88 Å². The van der Waals surface area contributed by atoms with Gasteiger partial charge in [-0.2, -0.15) is 0 Å². The van der Waals surface area contributed by atoms with Crippen molar-refractivity contribution in [2.75, 3.05) is 5.75 Å². The van der Waals surface area contributed by atoms with Crippen LogP contribution in [0.5, 0.6) is 0 Å². The van der Waals surface area contributed by atoms with Crippen molar-refractivity contribution in [3.05, 3.63) is 83.9 Å². The summed E-state index contributed by atoms with van der Waals surface area (Å²) in [6, 6.07) is 11.6. The van der Waals surface area contributed by atoms with Crippen molar-refractivity contribution < 1.29 is 13.6 Å². The summed E-state index contributed by atoms with van der Waals surface area (Å²) in [7, 11) is 0. The van der Waals surface area contributed by atoms with Crippen LogP contribution in [0.2, 0.25) is 0 Å². The molecule has 0 radical (unpaired) electrons. The molecule has 0 saturated carbocycles. The minimum Gasteiger partial charge on any atom is -0.351 e. The van der Waals surface area contributed by atoms with E-state index in [2.05, 4.69) is 10.3 Å². The van der Waals surface area contributed by atoms with Crippen LogP contribution in [-0.2, 0) is 17.9 Å². The summed E-state index contributed by atoms with van der Waals surface area (Å²) in [5.41, 5.74) is 2.14. The Labute approximate surface area is 154 Å².